The molecule has 0 aliphatic carbocycles. The molecule has 0 aromatic carbocycles. The molecule has 0 spiro atoms. The van der Waals surface area contributed by atoms with Crippen molar-refractivity contribution < 1.29 is 14.5 Å². The molecule has 0 bridgehead atoms. The van der Waals surface area contributed by atoms with Crippen molar-refractivity contribution in [2.45, 2.75) is 0 Å². The van der Waals surface area contributed by atoms with Crippen LogP contribution in [0.25, 0.3) is 0 Å². The van der Waals surface area contributed by atoms with E-state index >= 15 is 0 Å². The van der Waals surface area contributed by atoms with Crippen LogP contribution < -0.4 is 0 Å². The smallest absolute Gasteiger partial charge is 0.347 e. The SMILES string of the molecule is COC(=O)c1c([N+](=O)[O-])sc(I)c1C#N. The van der Waals surface area contributed by atoms with Crippen LogP contribution in [-0.2, 0) is 4.74 Å². The summed E-state index contributed by atoms with van der Waals surface area (Å²) >= 11 is 2.56. The molecule has 8 heteroatoms. The van der Waals surface area contributed by atoms with E-state index in [9.17, 15) is 14.9 Å². The van der Waals surface area contributed by atoms with Crippen LogP contribution in [0.1, 0.15) is 15.9 Å². The van der Waals surface area contributed by atoms with Crippen molar-refractivity contribution in [1.29, 1.82) is 5.26 Å². The second-order valence-corrected chi connectivity index (χ2v) is 5.10. The van der Waals surface area contributed by atoms with E-state index in [1.165, 1.54) is 0 Å². The zero-order valence-electron chi connectivity index (χ0n) is 7.31. The van der Waals surface area contributed by atoms with Crippen molar-refractivity contribution in [3.05, 3.63) is 24.1 Å². The lowest BCUT2D eigenvalue weighted by atomic mass is 10.2. The summed E-state index contributed by atoms with van der Waals surface area (Å²) in [5, 5.41) is 19.0. The zero-order valence-corrected chi connectivity index (χ0v) is 10.3. The number of nitrogens with zero attached hydrogens (tertiary/aromatic N) is 2. The number of hydrogen-bond acceptors (Lipinski definition) is 6. The Kier molecular flexibility index (Phi) is 3.59. The van der Waals surface area contributed by atoms with Gasteiger partial charge in [-0.15, -0.1) is 0 Å². The minimum absolute atomic E-state index is 0.000787. The van der Waals surface area contributed by atoms with Crippen molar-refractivity contribution >= 4 is 44.9 Å². The summed E-state index contributed by atoms with van der Waals surface area (Å²) in [6, 6.07) is 1.75. The third-order valence-corrected chi connectivity index (χ3v) is 3.64. The number of carbonyl (C=O) groups is 1. The molecule has 0 aliphatic heterocycles. The first-order valence-electron chi connectivity index (χ1n) is 3.48. The fourth-order valence-electron chi connectivity index (χ4n) is 0.912. The van der Waals surface area contributed by atoms with E-state index < -0.39 is 10.9 Å². The molecule has 78 valence electrons. The molecule has 15 heavy (non-hydrogen) atoms. The molecule has 1 heterocycles. The summed E-state index contributed by atoms with van der Waals surface area (Å²) in [4.78, 5) is 21.2. The fraction of sp³-hybridized carbons (Fsp3) is 0.143. The van der Waals surface area contributed by atoms with Gasteiger partial charge >= 0.3 is 11.0 Å². The second kappa shape index (κ2) is 4.54. The number of esters is 1. The first-order valence-corrected chi connectivity index (χ1v) is 5.37. The van der Waals surface area contributed by atoms with Crippen molar-refractivity contribution in [3.8, 4) is 6.07 Å². The van der Waals surface area contributed by atoms with E-state index in [0.717, 1.165) is 18.4 Å². The molecular formula is C7H3IN2O4S. The summed E-state index contributed by atoms with van der Waals surface area (Å²) in [7, 11) is 1.11. The van der Waals surface area contributed by atoms with Crippen LogP contribution in [0, 0.1) is 24.3 Å². The number of methoxy groups -OCH3 is 1. The topological polar surface area (TPSA) is 93.2 Å². The van der Waals surface area contributed by atoms with Crippen LogP contribution in [0.4, 0.5) is 5.00 Å². The van der Waals surface area contributed by atoms with Crippen LogP contribution in [0.3, 0.4) is 0 Å². The van der Waals surface area contributed by atoms with Gasteiger partial charge in [-0.2, -0.15) is 5.26 Å². The highest BCUT2D eigenvalue weighted by Gasteiger charge is 2.31. The van der Waals surface area contributed by atoms with Gasteiger partial charge in [0.2, 0.25) is 0 Å². The van der Waals surface area contributed by atoms with Crippen molar-refractivity contribution in [3.63, 3.8) is 0 Å². The van der Waals surface area contributed by atoms with Crippen LogP contribution in [0.15, 0.2) is 0 Å². The van der Waals surface area contributed by atoms with E-state index in [1.54, 1.807) is 28.7 Å². The number of thiophene rings is 1. The molecule has 0 aliphatic rings. The molecule has 0 saturated carbocycles. The highest BCUT2D eigenvalue weighted by Crippen LogP contribution is 2.35. The Bertz CT molecular complexity index is 476. The minimum Gasteiger partial charge on any atom is -0.465 e. The molecule has 1 aromatic rings. The average molecular weight is 338 g/mol. The van der Waals surface area contributed by atoms with Gasteiger partial charge in [-0.05, 0) is 22.6 Å². The summed E-state index contributed by atoms with van der Waals surface area (Å²) < 4.78 is 4.80. The monoisotopic (exact) mass is 338 g/mol. The third kappa shape index (κ3) is 2.07. The Labute approximate surface area is 102 Å². The molecule has 0 saturated heterocycles. The summed E-state index contributed by atoms with van der Waals surface area (Å²) in [5.74, 6) is -0.864. The number of hydrogen-bond donors (Lipinski definition) is 0. The minimum atomic E-state index is -0.864. The molecular weight excluding hydrogens is 335 g/mol. The van der Waals surface area contributed by atoms with Gasteiger partial charge in [-0.1, -0.05) is 11.3 Å². The maximum absolute atomic E-state index is 11.3. The number of rotatable bonds is 2. The molecule has 1 rings (SSSR count). The highest BCUT2D eigenvalue weighted by atomic mass is 127. The van der Waals surface area contributed by atoms with Gasteiger partial charge in [0.15, 0.2) is 5.56 Å². The number of ether oxygens (including phenoxy) is 1. The average Bonchev–Trinajstić information content (AvgIpc) is 2.54. The lowest BCUT2D eigenvalue weighted by Crippen LogP contribution is -2.05. The Morgan fingerprint density at radius 3 is 2.73 bits per heavy atom. The van der Waals surface area contributed by atoms with Gasteiger partial charge in [-0.3, -0.25) is 10.1 Å². The number of nitriles is 1. The molecule has 6 nitrogen and oxygen atoms in total. The molecule has 0 unspecified atom stereocenters. The predicted molar refractivity (Wildman–Crippen MR) is 59.7 cm³/mol. The maximum Gasteiger partial charge on any atom is 0.347 e. The Morgan fingerprint density at radius 2 is 2.33 bits per heavy atom. The van der Waals surface area contributed by atoms with Crippen molar-refractivity contribution in [2.24, 2.45) is 0 Å². The van der Waals surface area contributed by atoms with E-state index in [0.29, 0.717) is 2.88 Å². The molecule has 0 amide bonds. The molecule has 1 aromatic heterocycles. The number of carbonyl (C=O) groups excluding carboxylic acids is 1. The highest BCUT2D eigenvalue weighted by molar-refractivity contribution is 14.1. The lowest BCUT2D eigenvalue weighted by molar-refractivity contribution is -0.380. The molecule has 0 fully saturated rings. The first-order chi connectivity index (χ1) is 7.02. The van der Waals surface area contributed by atoms with Gasteiger partial charge < -0.3 is 4.74 Å². The molecule has 0 N–H and O–H groups in total. The van der Waals surface area contributed by atoms with E-state index in [4.69, 9.17) is 5.26 Å². The lowest BCUT2D eigenvalue weighted by Gasteiger charge is -1.95. The predicted octanol–water partition coefficient (Wildman–Crippen LogP) is 1.92. The Morgan fingerprint density at radius 1 is 1.73 bits per heavy atom. The number of halogens is 1. The second-order valence-electron chi connectivity index (χ2n) is 2.29. The van der Waals surface area contributed by atoms with Gasteiger partial charge in [0.25, 0.3) is 0 Å². The maximum atomic E-state index is 11.3. The Hall–Kier alpha value is -1.21. The normalized spacial score (nSPS) is 9.40. The van der Waals surface area contributed by atoms with Crippen LogP contribution in [-0.4, -0.2) is 18.0 Å². The summed E-state index contributed by atoms with van der Waals surface area (Å²) in [5.41, 5.74) is -0.265. The van der Waals surface area contributed by atoms with Crippen LogP contribution in [0.2, 0.25) is 0 Å². The van der Waals surface area contributed by atoms with E-state index in [-0.39, 0.29) is 16.1 Å². The summed E-state index contributed by atoms with van der Waals surface area (Å²) in [6.07, 6.45) is 0. The first kappa shape index (κ1) is 11.9. The largest absolute Gasteiger partial charge is 0.465 e. The quantitative estimate of drug-likeness (QED) is 0.355. The van der Waals surface area contributed by atoms with Crippen molar-refractivity contribution in [2.75, 3.05) is 7.11 Å². The number of nitro groups is 1. The van der Waals surface area contributed by atoms with E-state index in [2.05, 4.69) is 4.74 Å². The summed E-state index contributed by atoms with van der Waals surface area (Å²) in [6.45, 7) is 0. The molecule has 0 radical (unpaired) electrons. The van der Waals surface area contributed by atoms with Crippen molar-refractivity contribution in [1.82, 2.24) is 0 Å². The van der Waals surface area contributed by atoms with Gasteiger partial charge in [0.1, 0.15) is 6.07 Å². The third-order valence-electron chi connectivity index (χ3n) is 1.51. The standard InChI is InChI=1S/C7H3IN2O4S/c1-14-7(11)4-3(2-9)5(8)15-6(4)10(12)13/h1H3. The zero-order chi connectivity index (χ0) is 11.6. The van der Waals surface area contributed by atoms with Crippen LogP contribution >= 0.6 is 33.9 Å². The van der Waals surface area contributed by atoms with Gasteiger partial charge in [-0.25, -0.2) is 4.79 Å². The fourth-order valence-corrected chi connectivity index (χ4v) is 2.71. The Balaban J connectivity index is 3.50. The van der Waals surface area contributed by atoms with Gasteiger partial charge in [0, 0.05) is 0 Å². The van der Waals surface area contributed by atoms with Crippen LogP contribution in [0.5, 0.6) is 0 Å². The van der Waals surface area contributed by atoms with E-state index in [1.807, 2.05) is 0 Å². The van der Waals surface area contributed by atoms with Gasteiger partial charge in [0.05, 0.1) is 20.5 Å². The molecule has 0 atom stereocenters.